The Morgan fingerprint density at radius 2 is 1.96 bits per heavy atom. The molecule has 0 fully saturated rings. The Labute approximate surface area is 168 Å². The number of guanidine groups is 1. The third-order valence-electron chi connectivity index (χ3n) is 3.15. The lowest BCUT2D eigenvalue weighted by molar-refractivity contribution is 0.0702. The lowest BCUT2D eigenvalue weighted by Gasteiger charge is -2.12. The second-order valence-electron chi connectivity index (χ2n) is 5.31. The summed E-state index contributed by atoms with van der Waals surface area (Å²) < 4.78 is 16.1. The van der Waals surface area contributed by atoms with Gasteiger partial charge in [0.05, 0.1) is 19.8 Å². The highest BCUT2D eigenvalue weighted by Crippen LogP contribution is 2.11. The zero-order valence-electron chi connectivity index (χ0n) is 15.5. The minimum Gasteiger partial charge on any atom is -0.492 e. The molecule has 0 saturated carbocycles. The summed E-state index contributed by atoms with van der Waals surface area (Å²) in [6, 6.07) is 8.05. The predicted octanol–water partition coefficient (Wildman–Crippen LogP) is 2.60. The van der Waals surface area contributed by atoms with Crippen LogP contribution in [0.3, 0.4) is 0 Å². The number of aliphatic imine (C=N–C) groups is 1. The lowest BCUT2D eigenvalue weighted by atomic mass is 10.2. The van der Waals surface area contributed by atoms with Crippen LogP contribution in [-0.2, 0) is 9.47 Å². The summed E-state index contributed by atoms with van der Waals surface area (Å²) >= 11 is 0. The topological polar surface area (TPSA) is 64.1 Å². The third kappa shape index (κ3) is 12.9. The molecule has 2 N–H and O–H groups in total. The number of methoxy groups -OCH3 is 1. The van der Waals surface area contributed by atoms with Crippen molar-refractivity contribution >= 4 is 29.9 Å². The van der Waals surface area contributed by atoms with Gasteiger partial charge in [0.15, 0.2) is 5.96 Å². The van der Waals surface area contributed by atoms with Crippen molar-refractivity contribution in [3.8, 4) is 5.75 Å². The van der Waals surface area contributed by atoms with E-state index in [1.807, 2.05) is 25.1 Å². The van der Waals surface area contributed by atoms with Gasteiger partial charge in [0, 0.05) is 26.8 Å². The van der Waals surface area contributed by atoms with Crippen LogP contribution in [-0.4, -0.2) is 59.1 Å². The highest BCUT2D eigenvalue weighted by atomic mass is 127. The standard InChI is InChI=1S/C18H31N3O3.HI/c1-4-19-18(20-9-6-11-23-14-13-22-3)21-10-12-24-17-8-5-7-16(2)15-17;/h5,7-8,15H,4,6,9-14H2,1-3H3,(H2,19,20,21);1H. The van der Waals surface area contributed by atoms with E-state index in [4.69, 9.17) is 14.2 Å². The molecular formula is C18H32IN3O3. The van der Waals surface area contributed by atoms with Crippen LogP contribution >= 0.6 is 24.0 Å². The molecule has 0 aliphatic carbocycles. The average Bonchev–Trinajstić information content (AvgIpc) is 2.58. The Bertz CT molecular complexity index is 473. The smallest absolute Gasteiger partial charge is 0.191 e. The number of aryl methyl sites for hydroxylation is 1. The number of hydrogen-bond acceptors (Lipinski definition) is 4. The first kappa shape index (κ1) is 23.9. The van der Waals surface area contributed by atoms with Gasteiger partial charge < -0.3 is 24.8 Å². The third-order valence-corrected chi connectivity index (χ3v) is 3.15. The van der Waals surface area contributed by atoms with Gasteiger partial charge in [-0.1, -0.05) is 12.1 Å². The Morgan fingerprint density at radius 1 is 1.12 bits per heavy atom. The summed E-state index contributed by atoms with van der Waals surface area (Å²) in [5, 5.41) is 6.49. The largest absolute Gasteiger partial charge is 0.492 e. The average molecular weight is 465 g/mol. The summed E-state index contributed by atoms with van der Waals surface area (Å²) in [6.45, 7) is 8.91. The van der Waals surface area contributed by atoms with Crippen LogP contribution in [0.5, 0.6) is 5.75 Å². The van der Waals surface area contributed by atoms with Gasteiger partial charge >= 0.3 is 0 Å². The number of benzene rings is 1. The number of nitrogens with one attached hydrogen (secondary N) is 2. The van der Waals surface area contributed by atoms with Crippen molar-refractivity contribution in [2.24, 2.45) is 4.99 Å². The molecule has 7 heteroatoms. The first-order chi connectivity index (χ1) is 11.8. The Morgan fingerprint density at radius 3 is 2.68 bits per heavy atom. The second-order valence-corrected chi connectivity index (χ2v) is 5.31. The molecule has 25 heavy (non-hydrogen) atoms. The van der Waals surface area contributed by atoms with Gasteiger partial charge in [-0.05, 0) is 38.0 Å². The molecule has 1 rings (SSSR count). The fraction of sp³-hybridized carbons (Fsp3) is 0.611. The van der Waals surface area contributed by atoms with Gasteiger partial charge in [0.25, 0.3) is 0 Å². The molecule has 0 atom stereocenters. The molecule has 0 aliphatic heterocycles. The number of rotatable bonds is 12. The highest BCUT2D eigenvalue weighted by Gasteiger charge is 1.98. The first-order valence-corrected chi connectivity index (χ1v) is 8.54. The predicted molar refractivity (Wildman–Crippen MR) is 113 cm³/mol. The van der Waals surface area contributed by atoms with Crippen molar-refractivity contribution < 1.29 is 14.2 Å². The van der Waals surface area contributed by atoms with E-state index in [1.54, 1.807) is 7.11 Å². The maximum absolute atomic E-state index is 5.72. The van der Waals surface area contributed by atoms with E-state index in [9.17, 15) is 0 Å². The van der Waals surface area contributed by atoms with Gasteiger partial charge in [-0.2, -0.15) is 0 Å². The van der Waals surface area contributed by atoms with Gasteiger partial charge in [-0.3, -0.25) is 4.99 Å². The van der Waals surface area contributed by atoms with Crippen molar-refractivity contribution in [1.82, 2.24) is 10.6 Å². The van der Waals surface area contributed by atoms with Gasteiger partial charge in [0.2, 0.25) is 0 Å². The van der Waals surface area contributed by atoms with E-state index in [-0.39, 0.29) is 24.0 Å². The van der Waals surface area contributed by atoms with Crippen molar-refractivity contribution in [2.45, 2.75) is 20.3 Å². The van der Waals surface area contributed by atoms with E-state index < -0.39 is 0 Å². The molecule has 1 aromatic rings. The molecule has 0 saturated heterocycles. The summed E-state index contributed by atoms with van der Waals surface area (Å²) in [5.74, 6) is 1.70. The molecule has 0 unspecified atom stereocenters. The van der Waals surface area contributed by atoms with Crippen LogP contribution < -0.4 is 15.4 Å². The van der Waals surface area contributed by atoms with E-state index in [2.05, 4.69) is 28.6 Å². The number of hydrogen-bond donors (Lipinski definition) is 2. The summed E-state index contributed by atoms with van der Waals surface area (Å²) in [6.07, 6.45) is 0.889. The molecule has 0 aromatic heterocycles. The highest BCUT2D eigenvalue weighted by molar-refractivity contribution is 14.0. The molecule has 0 bridgehead atoms. The van der Waals surface area contributed by atoms with Crippen LogP contribution in [0.4, 0.5) is 0 Å². The molecule has 6 nitrogen and oxygen atoms in total. The molecule has 1 aromatic carbocycles. The zero-order chi connectivity index (χ0) is 17.5. The van der Waals surface area contributed by atoms with Gasteiger partial charge in [-0.15, -0.1) is 24.0 Å². The molecule has 0 radical (unpaired) electrons. The van der Waals surface area contributed by atoms with Crippen molar-refractivity contribution in [2.75, 3.05) is 53.2 Å². The maximum Gasteiger partial charge on any atom is 0.191 e. The molecule has 0 spiro atoms. The Kier molecular flexibility index (Phi) is 15.7. The minimum absolute atomic E-state index is 0. The number of halogens is 1. The van der Waals surface area contributed by atoms with E-state index >= 15 is 0 Å². The van der Waals surface area contributed by atoms with E-state index in [0.29, 0.717) is 33.0 Å². The van der Waals surface area contributed by atoms with Crippen LogP contribution in [0.1, 0.15) is 18.9 Å². The molecule has 0 aliphatic rings. The summed E-state index contributed by atoms with van der Waals surface area (Å²) in [5.41, 5.74) is 1.20. The first-order valence-electron chi connectivity index (χ1n) is 8.54. The zero-order valence-corrected chi connectivity index (χ0v) is 17.9. The van der Waals surface area contributed by atoms with Crippen LogP contribution in [0.2, 0.25) is 0 Å². The maximum atomic E-state index is 5.72. The fourth-order valence-electron chi connectivity index (χ4n) is 1.99. The number of nitrogens with zero attached hydrogens (tertiary/aromatic N) is 1. The fourth-order valence-corrected chi connectivity index (χ4v) is 1.99. The molecule has 0 amide bonds. The Hall–Kier alpha value is -1.06. The molecule has 0 heterocycles. The van der Waals surface area contributed by atoms with Crippen LogP contribution in [0, 0.1) is 6.92 Å². The monoisotopic (exact) mass is 465 g/mol. The second kappa shape index (κ2) is 16.4. The Balaban J connectivity index is 0.00000576. The van der Waals surface area contributed by atoms with Crippen molar-refractivity contribution in [3.05, 3.63) is 29.8 Å². The molecule has 144 valence electrons. The summed E-state index contributed by atoms with van der Waals surface area (Å²) in [4.78, 5) is 4.52. The SMILES string of the molecule is CCNC(=NCCCOCCOC)NCCOc1cccc(C)c1.I. The van der Waals surface area contributed by atoms with Crippen molar-refractivity contribution in [1.29, 1.82) is 0 Å². The van der Waals surface area contributed by atoms with Crippen LogP contribution in [0.15, 0.2) is 29.3 Å². The van der Waals surface area contributed by atoms with E-state index in [0.717, 1.165) is 31.2 Å². The normalized spacial score (nSPS) is 10.9. The van der Waals surface area contributed by atoms with Gasteiger partial charge in [0.1, 0.15) is 12.4 Å². The summed E-state index contributed by atoms with van der Waals surface area (Å²) in [7, 11) is 1.67. The van der Waals surface area contributed by atoms with Crippen molar-refractivity contribution in [3.63, 3.8) is 0 Å². The van der Waals surface area contributed by atoms with E-state index in [1.165, 1.54) is 5.56 Å². The minimum atomic E-state index is 0. The number of ether oxygens (including phenoxy) is 3. The van der Waals surface area contributed by atoms with Crippen LogP contribution in [0.25, 0.3) is 0 Å². The molecular weight excluding hydrogens is 433 g/mol. The van der Waals surface area contributed by atoms with Gasteiger partial charge in [-0.25, -0.2) is 0 Å². The lowest BCUT2D eigenvalue weighted by Crippen LogP contribution is -2.39. The quantitative estimate of drug-likeness (QED) is 0.215.